The van der Waals surface area contributed by atoms with Crippen LogP contribution in [-0.4, -0.2) is 29.3 Å². The molecule has 28 heavy (non-hydrogen) atoms. The van der Waals surface area contributed by atoms with E-state index >= 15 is 0 Å². The standard InChI is InChI=1S/C17H13Cl3N4O3S/c1-10-16(17(25)22-28(26,27)15-4-2-12(18)3-5-15)21-23-24(10)9-11-6-13(19)8-14(20)7-11/h2-8H,9H2,1H3,(H,22,25). The molecule has 2 aromatic carbocycles. The molecule has 1 amide bonds. The average molecular weight is 460 g/mol. The van der Waals surface area contributed by atoms with Crippen molar-refractivity contribution >= 4 is 50.7 Å². The van der Waals surface area contributed by atoms with Gasteiger partial charge in [-0.1, -0.05) is 40.0 Å². The van der Waals surface area contributed by atoms with E-state index in [1.165, 1.54) is 28.9 Å². The number of halogens is 3. The fraction of sp³-hybridized carbons (Fsp3) is 0.118. The molecule has 0 aliphatic carbocycles. The maximum atomic E-state index is 12.4. The van der Waals surface area contributed by atoms with Gasteiger partial charge >= 0.3 is 0 Å². The van der Waals surface area contributed by atoms with Gasteiger partial charge in [0.25, 0.3) is 15.9 Å². The minimum absolute atomic E-state index is 0.0936. The van der Waals surface area contributed by atoms with Crippen molar-refractivity contribution in [2.45, 2.75) is 18.4 Å². The zero-order valence-corrected chi connectivity index (χ0v) is 17.4. The maximum absolute atomic E-state index is 12.4. The van der Waals surface area contributed by atoms with Gasteiger partial charge in [0.1, 0.15) is 0 Å². The Bertz CT molecular complexity index is 1120. The maximum Gasteiger partial charge on any atom is 0.287 e. The third-order valence-electron chi connectivity index (χ3n) is 3.80. The predicted octanol–water partition coefficient (Wildman–Crippen LogP) is 3.71. The van der Waals surface area contributed by atoms with E-state index in [4.69, 9.17) is 34.8 Å². The second-order valence-corrected chi connectivity index (χ2v) is 8.84. The lowest BCUT2D eigenvalue weighted by molar-refractivity contribution is 0.0976. The summed E-state index contributed by atoms with van der Waals surface area (Å²) in [7, 11) is -4.07. The van der Waals surface area contributed by atoms with E-state index in [0.717, 1.165) is 5.56 Å². The van der Waals surface area contributed by atoms with Crippen LogP contribution < -0.4 is 4.72 Å². The molecule has 1 N–H and O–H groups in total. The summed E-state index contributed by atoms with van der Waals surface area (Å²) in [6, 6.07) is 10.4. The molecule has 7 nitrogen and oxygen atoms in total. The van der Waals surface area contributed by atoms with Gasteiger partial charge in [0, 0.05) is 15.1 Å². The molecule has 0 bridgehead atoms. The summed E-state index contributed by atoms with van der Waals surface area (Å²) in [6.07, 6.45) is 0. The monoisotopic (exact) mass is 458 g/mol. The quantitative estimate of drug-likeness (QED) is 0.627. The summed E-state index contributed by atoms with van der Waals surface area (Å²) < 4.78 is 28.1. The van der Waals surface area contributed by atoms with Gasteiger partial charge in [-0.15, -0.1) is 5.10 Å². The number of carbonyl (C=O) groups is 1. The number of nitrogens with zero attached hydrogens (tertiary/aromatic N) is 3. The van der Waals surface area contributed by atoms with Crippen LogP contribution in [0, 0.1) is 6.92 Å². The molecule has 146 valence electrons. The second-order valence-electron chi connectivity index (χ2n) is 5.85. The van der Waals surface area contributed by atoms with Gasteiger partial charge in [-0.05, 0) is 55.0 Å². The van der Waals surface area contributed by atoms with E-state index in [2.05, 4.69) is 10.3 Å². The molecule has 0 saturated carbocycles. The molecule has 1 heterocycles. The van der Waals surface area contributed by atoms with Gasteiger partial charge < -0.3 is 0 Å². The highest BCUT2D eigenvalue weighted by Crippen LogP contribution is 2.20. The first-order valence-electron chi connectivity index (χ1n) is 7.83. The predicted molar refractivity (Wildman–Crippen MR) is 106 cm³/mol. The Kier molecular flexibility index (Phi) is 5.95. The molecular weight excluding hydrogens is 447 g/mol. The largest absolute Gasteiger partial charge is 0.287 e. The molecular formula is C17H13Cl3N4O3S. The number of rotatable bonds is 5. The number of amides is 1. The van der Waals surface area contributed by atoms with Crippen LogP contribution in [0.15, 0.2) is 47.4 Å². The van der Waals surface area contributed by atoms with Crippen molar-refractivity contribution in [1.29, 1.82) is 0 Å². The van der Waals surface area contributed by atoms with E-state index in [1.807, 2.05) is 4.72 Å². The molecule has 0 saturated heterocycles. The molecule has 0 radical (unpaired) electrons. The summed E-state index contributed by atoms with van der Waals surface area (Å²) in [6.45, 7) is 1.87. The first-order valence-corrected chi connectivity index (χ1v) is 10.5. The summed E-state index contributed by atoms with van der Waals surface area (Å²) in [5, 5.41) is 9.02. The molecule has 1 aromatic heterocycles. The number of aromatic nitrogens is 3. The number of nitrogens with one attached hydrogen (secondary N) is 1. The summed E-state index contributed by atoms with van der Waals surface area (Å²) in [5.41, 5.74) is 1.04. The van der Waals surface area contributed by atoms with Crippen LogP contribution in [0.25, 0.3) is 0 Å². The zero-order chi connectivity index (χ0) is 20.5. The van der Waals surface area contributed by atoms with Crippen molar-refractivity contribution < 1.29 is 13.2 Å². The van der Waals surface area contributed by atoms with Crippen molar-refractivity contribution in [2.24, 2.45) is 0 Å². The SMILES string of the molecule is Cc1c(C(=O)NS(=O)(=O)c2ccc(Cl)cc2)nnn1Cc1cc(Cl)cc(Cl)c1. The van der Waals surface area contributed by atoms with Gasteiger partial charge in [0.05, 0.1) is 17.1 Å². The van der Waals surface area contributed by atoms with Crippen LogP contribution in [-0.2, 0) is 16.6 Å². The van der Waals surface area contributed by atoms with Crippen LogP contribution in [0.5, 0.6) is 0 Å². The van der Waals surface area contributed by atoms with Gasteiger partial charge in [-0.3, -0.25) is 4.79 Å². The molecule has 0 atom stereocenters. The highest BCUT2D eigenvalue weighted by atomic mass is 35.5. The first kappa shape index (κ1) is 20.6. The van der Waals surface area contributed by atoms with Gasteiger partial charge in [0.2, 0.25) is 0 Å². The number of hydrogen-bond acceptors (Lipinski definition) is 5. The molecule has 0 aliphatic heterocycles. The Morgan fingerprint density at radius 2 is 1.64 bits per heavy atom. The smallest absolute Gasteiger partial charge is 0.266 e. The van der Waals surface area contributed by atoms with Crippen LogP contribution in [0.2, 0.25) is 15.1 Å². The van der Waals surface area contributed by atoms with Gasteiger partial charge in [0.15, 0.2) is 5.69 Å². The number of carbonyl (C=O) groups excluding carboxylic acids is 1. The topological polar surface area (TPSA) is 93.9 Å². The molecule has 0 aliphatic rings. The van der Waals surface area contributed by atoms with Crippen LogP contribution >= 0.6 is 34.8 Å². The number of sulfonamides is 1. The van der Waals surface area contributed by atoms with Crippen molar-refractivity contribution in [3.63, 3.8) is 0 Å². The van der Waals surface area contributed by atoms with E-state index < -0.39 is 15.9 Å². The summed E-state index contributed by atoms with van der Waals surface area (Å²) >= 11 is 17.7. The molecule has 3 rings (SSSR count). The van der Waals surface area contributed by atoms with Crippen molar-refractivity contribution in [3.8, 4) is 0 Å². The molecule has 0 unspecified atom stereocenters. The van der Waals surface area contributed by atoms with Crippen molar-refractivity contribution in [1.82, 2.24) is 19.7 Å². The minimum atomic E-state index is -4.07. The van der Waals surface area contributed by atoms with Gasteiger partial charge in [-0.2, -0.15) is 0 Å². The highest BCUT2D eigenvalue weighted by Gasteiger charge is 2.23. The third-order valence-corrected chi connectivity index (χ3v) is 5.84. The van der Waals surface area contributed by atoms with Gasteiger partial charge in [-0.25, -0.2) is 17.8 Å². The first-order chi connectivity index (χ1) is 13.2. The van der Waals surface area contributed by atoms with Crippen LogP contribution in [0.1, 0.15) is 21.7 Å². The Morgan fingerprint density at radius 1 is 1.04 bits per heavy atom. The Balaban J connectivity index is 1.81. The fourth-order valence-electron chi connectivity index (χ4n) is 2.44. The molecule has 0 spiro atoms. The minimum Gasteiger partial charge on any atom is -0.266 e. The highest BCUT2D eigenvalue weighted by molar-refractivity contribution is 7.90. The van der Waals surface area contributed by atoms with E-state index in [-0.39, 0.29) is 17.1 Å². The fourth-order valence-corrected chi connectivity index (χ4v) is 4.09. The Hall–Kier alpha value is -2.13. The molecule has 11 heteroatoms. The van der Waals surface area contributed by atoms with Crippen molar-refractivity contribution in [3.05, 3.63) is 74.5 Å². The number of hydrogen-bond donors (Lipinski definition) is 1. The molecule has 0 fully saturated rings. The van der Waals surface area contributed by atoms with Crippen LogP contribution in [0.4, 0.5) is 0 Å². The van der Waals surface area contributed by atoms with Crippen molar-refractivity contribution in [2.75, 3.05) is 0 Å². The average Bonchev–Trinajstić information content (AvgIpc) is 2.95. The lowest BCUT2D eigenvalue weighted by Gasteiger charge is -2.07. The second kappa shape index (κ2) is 8.08. The Morgan fingerprint density at radius 3 is 2.25 bits per heavy atom. The van der Waals surface area contributed by atoms with E-state index in [9.17, 15) is 13.2 Å². The Labute approximate surface area is 176 Å². The molecule has 3 aromatic rings. The van der Waals surface area contributed by atoms with E-state index in [0.29, 0.717) is 20.8 Å². The van der Waals surface area contributed by atoms with Crippen LogP contribution in [0.3, 0.4) is 0 Å². The normalized spacial score (nSPS) is 11.4. The lowest BCUT2D eigenvalue weighted by atomic mass is 10.2. The lowest BCUT2D eigenvalue weighted by Crippen LogP contribution is -2.31. The third kappa shape index (κ3) is 4.64. The summed E-state index contributed by atoms with van der Waals surface area (Å²) in [5.74, 6) is -0.886. The van der Waals surface area contributed by atoms with E-state index in [1.54, 1.807) is 25.1 Å². The zero-order valence-electron chi connectivity index (χ0n) is 14.4. The summed E-state index contributed by atoms with van der Waals surface area (Å²) in [4.78, 5) is 12.3. The number of benzene rings is 2.